The smallest absolute Gasteiger partial charge is 0.141 e. The Morgan fingerprint density at radius 3 is 3.00 bits per heavy atom. The molecule has 1 aromatic heterocycles. The summed E-state index contributed by atoms with van der Waals surface area (Å²) in [4.78, 5) is 11.3. The monoisotopic (exact) mass is 162 g/mol. The van der Waals surface area contributed by atoms with Gasteiger partial charge >= 0.3 is 0 Å². The van der Waals surface area contributed by atoms with Gasteiger partial charge in [-0.1, -0.05) is 0 Å². The van der Waals surface area contributed by atoms with Gasteiger partial charge in [0.2, 0.25) is 0 Å². The topological polar surface area (TPSA) is 42.9 Å². The third-order valence-corrected chi connectivity index (χ3v) is 2.02. The Hall–Kier alpha value is -1.25. The molecule has 0 amide bonds. The molecule has 12 heavy (non-hydrogen) atoms. The van der Waals surface area contributed by atoms with Gasteiger partial charge in [-0.15, -0.1) is 0 Å². The van der Waals surface area contributed by atoms with Crippen LogP contribution in [-0.2, 0) is 11.2 Å². The second-order valence-corrected chi connectivity index (χ2v) is 3.13. The zero-order valence-corrected chi connectivity index (χ0v) is 6.73. The van der Waals surface area contributed by atoms with Crippen LogP contribution in [0.1, 0.15) is 18.5 Å². The summed E-state index contributed by atoms with van der Waals surface area (Å²) in [5.41, 5.74) is 0.786. The number of hydrogen-bond donors (Lipinski definition) is 0. The van der Waals surface area contributed by atoms with E-state index in [1.54, 1.807) is 6.20 Å². The summed E-state index contributed by atoms with van der Waals surface area (Å²) in [7, 11) is 0. The first kappa shape index (κ1) is 7.40. The minimum atomic E-state index is 0.315. The highest BCUT2D eigenvalue weighted by atomic mass is 16.1. The van der Waals surface area contributed by atoms with E-state index in [9.17, 15) is 4.79 Å². The van der Waals surface area contributed by atoms with Crippen molar-refractivity contribution in [2.75, 3.05) is 0 Å². The molecule has 0 spiro atoms. The molecular weight excluding hydrogens is 152 g/mol. The number of Topliss-reactive ketones (excluding diaryl/α,β-unsaturated/α-hetero) is 1. The summed E-state index contributed by atoms with van der Waals surface area (Å²) in [6.45, 7) is 0. The highest BCUT2D eigenvalue weighted by Gasteiger charge is 2.29. The fourth-order valence-electron chi connectivity index (χ4n) is 1.16. The highest BCUT2D eigenvalue weighted by Crippen LogP contribution is 2.30. The minimum absolute atomic E-state index is 0.315. The largest absolute Gasteiger partial charge is 0.299 e. The first-order chi connectivity index (χ1) is 5.86. The molecular formula is C9H10N2O. The second-order valence-electron chi connectivity index (χ2n) is 3.13. The Morgan fingerprint density at radius 1 is 1.58 bits per heavy atom. The van der Waals surface area contributed by atoms with Gasteiger partial charge in [0.25, 0.3) is 0 Å². The summed E-state index contributed by atoms with van der Waals surface area (Å²) >= 11 is 0. The van der Waals surface area contributed by atoms with E-state index in [1.807, 2.05) is 12.1 Å². The molecule has 1 aliphatic rings. The first-order valence-corrected chi connectivity index (χ1v) is 4.15. The van der Waals surface area contributed by atoms with Crippen molar-refractivity contribution in [1.82, 2.24) is 10.2 Å². The van der Waals surface area contributed by atoms with Crippen LogP contribution in [-0.4, -0.2) is 16.0 Å². The molecule has 0 aromatic carbocycles. The average molecular weight is 162 g/mol. The number of aromatic nitrogens is 2. The fourth-order valence-corrected chi connectivity index (χ4v) is 1.16. The van der Waals surface area contributed by atoms with E-state index >= 15 is 0 Å². The molecule has 2 rings (SSSR count). The highest BCUT2D eigenvalue weighted by molar-refractivity contribution is 5.84. The van der Waals surface area contributed by atoms with E-state index in [4.69, 9.17) is 0 Å². The van der Waals surface area contributed by atoms with Gasteiger partial charge < -0.3 is 0 Å². The molecule has 1 aromatic rings. The Kier molecular flexibility index (Phi) is 1.86. The summed E-state index contributed by atoms with van der Waals surface area (Å²) in [6.07, 6.45) is 4.21. The molecule has 1 saturated carbocycles. The zero-order chi connectivity index (χ0) is 8.39. The van der Waals surface area contributed by atoms with E-state index in [-0.39, 0.29) is 0 Å². The number of carbonyl (C=O) groups is 1. The third kappa shape index (κ3) is 1.67. The van der Waals surface area contributed by atoms with Crippen molar-refractivity contribution in [3.8, 4) is 0 Å². The molecule has 0 saturated heterocycles. The van der Waals surface area contributed by atoms with Crippen LogP contribution in [0, 0.1) is 5.92 Å². The van der Waals surface area contributed by atoms with Gasteiger partial charge in [0, 0.05) is 12.1 Å². The molecule has 0 atom stereocenters. The molecule has 3 nitrogen and oxygen atoms in total. The van der Waals surface area contributed by atoms with Crippen molar-refractivity contribution < 1.29 is 4.79 Å². The molecule has 3 heteroatoms. The summed E-state index contributed by atoms with van der Waals surface area (Å²) < 4.78 is 0. The zero-order valence-electron chi connectivity index (χ0n) is 6.73. The quantitative estimate of drug-likeness (QED) is 0.665. The fraction of sp³-hybridized carbons (Fsp3) is 0.444. The van der Waals surface area contributed by atoms with E-state index in [0.29, 0.717) is 18.1 Å². The predicted octanol–water partition coefficient (Wildman–Crippen LogP) is 0.998. The lowest BCUT2D eigenvalue weighted by molar-refractivity contribution is -0.119. The number of ketones is 1. The Labute approximate surface area is 70.8 Å². The van der Waals surface area contributed by atoms with Crippen LogP contribution in [0.3, 0.4) is 0 Å². The van der Waals surface area contributed by atoms with Gasteiger partial charge in [-0.05, 0) is 25.0 Å². The van der Waals surface area contributed by atoms with Crippen LogP contribution in [0.5, 0.6) is 0 Å². The van der Waals surface area contributed by atoms with Gasteiger partial charge in [-0.25, -0.2) is 0 Å². The van der Waals surface area contributed by atoms with Crippen molar-refractivity contribution in [2.24, 2.45) is 5.92 Å². The van der Waals surface area contributed by atoms with Crippen LogP contribution in [0.25, 0.3) is 0 Å². The number of carbonyl (C=O) groups excluding carboxylic acids is 1. The molecule has 0 radical (unpaired) electrons. The van der Waals surface area contributed by atoms with Crippen molar-refractivity contribution in [2.45, 2.75) is 19.3 Å². The summed E-state index contributed by atoms with van der Waals surface area (Å²) in [6, 6.07) is 3.65. The van der Waals surface area contributed by atoms with Crippen LogP contribution in [0.15, 0.2) is 18.3 Å². The second kappa shape index (κ2) is 3.01. The first-order valence-electron chi connectivity index (χ1n) is 4.15. The van der Waals surface area contributed by atoms with Gasteiger partial charge in [0.05, 0.1) is 12.1 Å². The number of hydrogen-bond acceptors (Lipinski definition) is 3. The maximum absolute atomic E-state index is 11.3. The van der Waals surface area contributed by atoms with Gasteiger partial charge in [0.15, 0.2) is 0 Å². The Balaban J connectivity index is 1.98. The van der Waals surface area contributed by atoms with Crippen LogP contribution < -0.4 is 0 Å². The predicted molar refractivity (Wildman–Crippen MR) is 43.5 cm³/mol. The normalized spacial score (nSPS) is 16.0. The van der Waals surface area contributed by atoms with Crippen molar-refractivity contribution in [3.05, 3.63) is 24.0 Å². The molecule has 0 unspecified atom stereocenters. The summed E-state index contributed by atoms with van der Waals surface area (Å²) in [5, 5.41) is 7.57. The van der Waals surface area contributed by atoms with Gasteiger partial charge in [-0.3, -0.25) is 4.79 Å². The summed E-state index contributed by atoms with van der Waals surface area (Å²) in [5.74, 6) is 0.641. The lowest BCUT2D eigenvalue weighted by Gasteiger charge is -1.95. The number of nitrogens with zero attached hydrogens (tertiary/aromatic N) is 2. The SMILES string of the molecule is O=C(Cc1cccnn1)C1CC1. The molecule has 62 valence electrons. The Morgan fingerprint density at radius 2 is 2.42 bits per heavy atom. The molecule has 0 bridgehead atoms. The maximum atomic E-state index is 11.3. The van der Waals surface area contributed by atoms with E-state index in [0.717, 1.165) is 18.5 Å². The van der Waals surface area contributed by atoms with Crippen molar-refractivity contribution >= 4 is 5.78 Å². The van der Waals surface area contributed by atoms with Crippen molar-refractivity contribution in [1.29, 1.82) is 0 Å². The third-order valence-electron chi connectivity index (χ3n) is 2.02. The van der Waals surface area contributed by atoms with E-state index in [1.165, 1.54) is 0 Å². The lowest BCUT2D eigenvalue weighted by Crippen LogP contribution is -2.06. The standard InChI is InChI=1S/C9H10N2O/c12-9(7-3-4-7)6-8-2-1-5-10-11-8/h1-2,5,7H,3-4,6H2. The number of rotatable bonds is 3. The van der Waals surface area contributed by atoms with E-state index < -0.39 is 0 Å². The molecule has 1 heterocycles. The van der Waals surface area contributed by atoms with Crippen LogP contribution in [0.4, 0.5) is 0 Å². The Bertz CT molecular complexity index is 280. The minimum Gasteiger partial charge on any atom is -0.299 e. The average Bonchev–Trinajstić information content (AvgIpc) is 2.88. The van der Waals surface area contributed by atoms with Crippen molar-refractivity contribution in [3.63, 3.8) is 0 Å². The van der Waals surface area contributed by atoms with Crippen LogP contribution in [0.2, 0.25) is 0 Å². The van der Waals surface area contributed by atoms with Gasteiger partial charge in [0.1, 0.15) is 5.78 Å². The molecule has 0 aliphatic heterocycles. The van der Waals surface area contributed by atoms with Crippen LogP contribution >= 0.6 is 0 Å². The molecule has 1 aliphatic carbocycles. The van der Waals surface area contributed by atoms with Gasteiger partial charge in [-0.2, -0.15) is 10.2 Å². The lowest BCUT2D eigenvalue weighted by atomic mass is 10.1. The maximum Gasteiger partial charge on any atom is 0.141 e. The van der Waals surface area contributed by atoms with E-state index in [2.05, 4.69) is 10.2 Å². The molecule has 0 N–H and O–H groups in total. The molecule has 1 fully saturated rings.